The molecule has 0 amide bonds. The third-order valence-electron chi connectivity index (χ3n) is 6.27. The third kappa shape index (κ3) is 3.56. The molecule has 0 saturated carbocycles. The van der Waals surface area contributed by atoms with E-state index in [0.717, 1.165) is 48.2 Å². The maximum Gasteiger partial charge on any atom is 0.212 e. The number of hydrogen-bond acceptors (Lipinski definition) is 6. The third-order valence-corrected chi connectivity index (χ3v) is 6.27. The average Bonchev–Trinajstić information content (AvgIpc) is 3.56. The molecule has 7 heteroatoms. The first-order chi connectivity index (χ1) is 15.3. The molecule has 0 aliphatic carbocycles. The van der Waals surface area contributed by atoms with Gasteiger partial charge in [0.2, 0.25) is 5.95 Å². The summed E-state index contributed by atoms with van der Waals surface area (Å²) in [4.78, 5) is 16.6. The van der Waals surface area contributed by atoms with Crippen LogP contribution < -0.4 is 15.5 Å². The molecule has 2 unspecified atom stereocenters. The Morgan fingerprint density at radius 1 is 1.03 bits per heavy atom. The zero-order chi connectivity index (χ0) is 20.6. The molecule has 2 aliphatic rings. The highest BCUT2D eigenvalue weighted by molar-refractivity contribution is 5.66. The second-order valence-electron chi connectivity index (χ2n) is 8.37. The number of hydrogen-bond donors (Lipinski definition) is 2. The Morgan fingerprint density at radius 3 is 2.81 bits per heavy atom. The number of anilines is 1. The summed E-state index contributed by atoms with van der Waals surface area (Å²) in [6.45, 7) is 3.56. The van der Waals surface area contributed by atoms with E-state index in [9.17, 15) is 0 Å². The van der Waals surface area contributed by atoms with Crippen LogP contribution in [0.15, 0.2) is 67.1 Å². The normalized spacial score (nSPS) is 20.1. The molecule has 6 rings (SSSR count). The lowest BCUT2D eigenvalue weighted by molar-refractivity contribution is 0.570. The number of benzene rings is 1. The maximum absolute atomic E-state index is 5.09. The monoisotopic (exact) mass is 411 g/mol. The summed E-state index contributed by atoms with van der Waals surface area (Å²) in [5, 5.41) is 7.06. The number of nitrogens with one attached hydrogen (secondary N) is 2. The Balaban J connectivity index is 1.27. The van der Waals surface area contributed by atoms with Gasteiger partial charge in [-0.15, -0.1) is 0 Å². The van der Waals surface area contributed by atoms with E-state index in [1.165, 1.54) is 12.0 Å². The fourth-order valence-corrected chi connectivity index (χ4v) is 4.73. The van der Waals surface area contributed by atoms with E-state index >= 15 is 0 Å². The van der Waals surface area contributed by atoms with Crippen LogP contribution in [0.2, 0.25) is 0 Å². The Morgan fingerprint density at radius 2 is 1.97 bits per heavy atom. The lowest BCUT2D eigenvalue weighted by Gasteiger charge is -2.29. The van der Waals surface area contributed by atoms with Crippen LogP contribution in [0, 0.1) is 0 Å². The van der Waals surface area contributed by atoms with Gasteiger partial charge in [0.15, 0.2) is 0 Å². The van der Waals surface area contributed by atoms with Crippen molar-refractivity contribution in [1.82, 2.24) is 30.0 Å². The highest BCUT2D eigenvalue weighted by atomic mass is 15.4. The molecular formula is C24H25N7. The largest absolute Gasteiger partial charge is 0.336 e. The number of aromatic nitrogens is 4. The van der Waals surface area contributed by atoms with E-state index < -0.39 is 0 Å². The van der Waals surface area contributed by atoms with Crippen LogP contribution >= 0.6 is 0 Å². The van der Waals surface area contributed by atoms with Gasteiger partial charge in [-0.2, -0.15) is 0 Å². The highest BCUT2D eigenvalue weighted by Gasteiger charge is 2.39. The van der Waals surface area contributed by atoms with Crippen molar-refractivity contribution >= 4 is 11.6 Å². The van der Waals surface area contributed by atoms with Crippen LogP contribution in [0.5, 0.6) is 0 Å². The lowest BCUT2D eigenvalue weighted by Crippen LogP contribution is -2.44. The van der Waals surface area contributed by atoms with Crippen LogP contribution in [0.4, 0.5) is 5.95 Å². The predicted molar refractivity (Wildman–Crippen MR) is 121 cm³/mol. The van der Waals surface area contributed by atoms with E-state index in [0.29, 0.717) is 18.6 Å². The van der Waals surface area contributed by atoms with E-state index in [2.05, 4.69) is 66.3 Å². The molecule has 2 N–H and O–H groups in total. The van der Waals surface area contributed by atoms with E-state index in [-0.39, 0.29) is 0 Å². The fraction of sp³-hybridized carbons (Fsp3) is 0.292. The van der Waals surface area contributed by atoms with Crippen LogP contribution in [0.1, 0.15) is 17.7 Å². The number of piperazine rings is 1. The Hall–Kier alpha value is -3.29. The molecule has 5 heterocycles. The number of pyridine rings is 1. The van der Waals surface area contributed by atoms with E-state index in [1.54, 1.807) is 0 Å². The molecule has 2 atom stereocenters. The summed E-state index contributed by atoms with van der Waals surface area (Å²) in [6, 6.07) is 17.7. The van der Waals surface area contributed by atoms with Crippen LogP contribution in [-0.4, -0.2) is 44.5 Å². The van der Waals surface area contributed by atoms with Gasteiger partial charge >= 0.3 is 0 Å². The van der Waals surface area contributed by atoms with Gasteiger partial charge in [0.25, 0.3) is 0 Å². The summed E-state index contributed by atoms with van der Waals surface area (Å²) in [7, 11) is 0. The summed E-state index contributed by atoms with van der Waals surface area (Å²) in [6.07, 6.45) is 6.91. The van der Waals surface area contributed by atoms with Gasteiger partial charge in [0, 0.05) is 68.5 Å². The number of nitrogens with zero attached hydrogens (tertiary/aromatic N) is 5. The molecule has 2 saturated heterocycles. The molecule has 156 valence electrons. The van der Waals surface area contributed by atoms with Crippen molar-refractivity contribution in [1.29, 1.82) is 0 Å². The van der Waals surface area contributed by atoms with Gasteiger partial charge in [0.05, 0.1) is 11.4 Å². The second kappa shape index (κ2) is 7.76. The van der Waals surface area contributed by atoms with Crippen molar-refractivity contribution in [3.63, 3.8) is 0 Å². The van der Waals surface area contributed by atoms with Crippen molar-refractivity contribution in [2.24, 2.45) is 0 Å². The lowest BCUT2D eigenvalue weighted by atomic mass is 10.1. The zero-order valence-corrected chi connectivity index (χ0v) is 17.3. The van der Waals surface area contributed by atoms with Gasteiger partial charge in [0.1, 0.15) is 5.65 Å². The van der Waals surface area contributed by atoms with Gasteiger partial charge in [-0.05, 0) is 24.1 Å². The molecule has 3 aromatic heterocycles. The van der Waals surface area contributed by atoms with Crippen molar-refractivity contribution in [3.05, 3.63) is 78.4 Å². The first-order valence-corrected chi connectivity index (χ1v) is 10.9. The predicted octanol–water partition coefficient (Wildman–Crippen LogP) is 2.63. The van der Waals surface area contributed by atoms with Gasteiger partial charge in [-0.3, -0.25) is 9.38 Å². The molecule has 0 spiro atoms. The Bertz CT molecular complexity index is 1200. The summed E-state index contributed by atoms with van der Waals surface area (Å²) >= 11 is 0. The van der Waals surface area contributed by atoms with E-state index in [4.69, 9.17) is 4.98 Å². The van der Waals surface area contributed by atoms with Gasteiger partial charge in [-0.1, -0.05) is 30.3 Å². The quantitative estimate of drug-likeness (QED) is 0.508. The zero-order valence-electron chi connectivity index (χ0n) is 17.3. The van der Waals surface area contributed by atoms with Crippen molar-refractivity contribution in [2.45, 2.75) is 31.6 Å². The van der Waals surface area contributed by atoms with Crippen LogP contribution in [0.25, 0.3) is 16.9 Å². The summed E-state index contributed by atoms with van der Waals surface area (Å²) < 4.78 is 2.10. The molecule has 1 aromatic carbocycles. The summed E-state index contributed by atoms with van der Waals surface area (Å²) in [5.41, 5.74) is 5.21. The smallest absolute Gasteiger partial charge is 0.212 e. The van der Waals surface area contributed by atoms with Crippen molar-refractivity contribution in [2.75, 3.05) is 18.0 Å². The molecule has 2 bridgehead atoms. The fourth-order valence-electron chi connectivity index (χ4n) is 4.73. The minimum absolute atomic E-state index is 0.508. The van der Waals surface area contributed by atoms with Gasteiger partial charge in [-0.25, -0.2) is 9.97 Å². The second-order valence-corrected chi connectivity index (χ2v) is 8.37. The topological polar surface area (TPSA) is 70.4 Å². The average molecular weight is 412 g/mol. The van der Waals surface area contributed by atoms with E-state index in [1.807, 2.05) is 30.7 Å². The molecular weight excluding hydrogens is 386 g/mol. The first-order valence-electron chi connectivity index (χ1n) is 10.9. The van der Waals surface area contributed by atoms with Crippen molar-refractivity contribution in [3.8, 4) is 11.3 Å². The SMILES string of the molecule is c1ccc(CNCc2cc(-c3cc4nccn4c(N4CC5CC4CN5)n3)ccn2)cc1. The standard InChI is InChI=1S/C24H25N7/c1-2-4-17(5-3-1)13-25-14-19-10-18(6-7-26-19)22-12-23-27-8-9-30(23)24(29-22)31-16-20-11-21(31)15-28-20/h1-10,12,20-21,25,28H,11,13-16H2. The number of imidazole rings is 1. The van der Waals surface area contributed by atoms with Crippen LogP contribution in [0.3, 0.4) is 0 Å². The highest BCUT2D eigenvalue weighted by Crippen LogP contribution is 2.30. The molecule has 4 aromatic rings. The van der Waals surface area contributed by atoms with Crippen molar-refractivity contribution < 1.29 is 0 Å². The minimum Gasteiger partial charge on any atom is -0.336 e. The minimum atomic E-state index is 0.508. The Kier molecular flexibility index (Phi) is 4.62. The molecule has 2 fully saturated rings. The first kappa shape index (κ1) is 18.5. The molecule has 31 heavy (non-hydrogen) atoms. The maximum atomic E-state index is 5.09. The molecule has 7 nitrogen and oxygen atoms in total. The van der Waals surface area contributed by atoms with Crippen LogP contribution in [-0.2, 0) is 13.1 Å². The number of fused-ring (bicyclic) bond motifs is 3. The molecule has 0 radical (unpaired) electrons. The number of rotatable bonds is 6. The summed E-state index contributed by atoms with van der Waals surface area (Å²) in [5.74, 6) is 0.986. The molecule has 2 aliphatic heterocycles. The Labute approximate surface area is 181 Å². The van der Waals surface area contributed by atoms with Gasteiger partial charge < -0.3 is 15.5 Å².